The van der Waals surface area contributed by atoms with Crippen LogP contribution in [0.4, 0.5) is 0 Å². The number of nitrogens with zero attached hydrogens (tertiary/aromatic N) is 3. The van der Waals surface area contributed by atoms with E-state index in [1.54, 1.807) is 0 Å². The molecule has 3 heteroatoms. The molecule has 0 aliphatic rings. The Morgan fingerprint density at radius 2 is 0.705 bits per heavy atom. The first-order valence-corrected chi connectivity index (χ1v) is 20.7. The SMILES string of the molecule is c1ccc(-c2ccc(-c3cc(-c4ccc5c(c4)cc(-c4ccccc4)n4nc(-c6ccccc6)c(-c6ccccc6)c54)cc(-c4ccc(-c5ccccc5)cc4)n3)cc2)cc1. The number of aromatic nitrogens is 3. The van der Waals surface area contributed by atoms with Crippen molar-refractivity contribution in [3.8, 4) is 89.5 Å². The zero-order chi connectivity index (χ0) is 40.5. The molecule has 0 saturated heterocycles. The number of rotatable bonds is 8. The van der Waals surface area contributed by atoms with E-state index in [-0.39, 0.29) is 0 Å². The first-order chi connectivity index (χ1) is 30.2. The quantitative estimate of drug-likeness (QED) is 0.154. The molecule has 286 valence electrons. The third kappa shape index (κ3) is 6.88. The molecule has 0 fully saturated rings. The molecule has 0 spiro atoms. The van der Waals surface area contributed by atoms with Gasteiger partial charge in [0.2, 0.25) is 0 Å². The average Bonchev–Trinajstić information content (AvgIpc) is 3.76. The summed E-state index contributed by atoms with van der Waals surface area (Å²) in [7, 11) is 0. The fourth-order valence-corrected chi connectivity index (χ4v) is 8.54. The highest BCUT2D eigenvalue weighted by atomic mass is 15.2. The van der Waals surface area contributed by atoms with Gasteiger partial charge in [0.15, 0.2) is 0 Å². The van der Waals surface area contributed by atoms with E-state index >= 15 is 0 Å². The predicted molar refractivity (Wildman–Crippen MR) is 254 cm³/mol. The van der Waals surface area contributed by atoms with E-state index in [9.17, 15) is 0 Å². The smallest absolute Gasteiger partial charge is 0.101 e. The third-order valence-electron chi connectivity index (χ3n) is 11.6. The molecule has 0 aliphatic carbocycles. The Bertz CT molecular complexity index is 3180. The zero-order valence-electron chi connectivity index (χ0n) is 33.4. The molecule has 0 bridgehead atoms. The highest BCUT2D eigenvalue weighted by Gasteiger charge is 2.22. The summed E-state index contributed by atoms with van der Waals surface area (Å²) in [6.07, 6.45) is 0. The van der Waals surface area contributed by atoms with Gasteiger partial charge in [0.05, 0.1) is 22.6 Å². The van der Waals surface area contributed by atoms with Crippen LogP contribution in [-0.2, 0) is 0 Å². The van der Waals surface area contributed by atoms with Crippen molar-refractivity contribution in [1.29, 1.82) is 0 Å². The average molecular weight is 778 g/mol. The summed E-state index contributed by atoms with van der Waals surface area (Å²) in [4.78, 5) is 5.33. The number of benzene rings is 8. The minimum atomic E-state index is 0.925. The maximum Gasteiger partial charge on any atom is 0.101 e. The Hall–Kier alpha value is -8.14. The number of hydrogen-bond acceptors (Lipinski definition) is 2. The molecule has 0 unspecified atom stereocenters. The lowest BCUT2D eigenvalue weighted by molar-refractivity contribution is 0.979. The number of pyridine rings is 2. The molecule has 0 aliphatic heterocycles. The number of fused-ring (bicyclic) bond motifs is 3. The van der Waals surface area contributed by atoms with Gasteiger partial charge >= 0.3 is 0 Å². The molecule has 8 aromatic carbocycles. The van der Waals surface area contributed by atoms with Gasteiger partial charge in [-0.25, -0.2) is 9.50 Å². The van der Waals surface area contributed by atoms with Gasteiger partial charge in [0.25, 0.3) is 0 Å². The molecular formula is C58H39N3. The maximum atomic E-state index is 5.42. The third-order valence-corrected chi connectivity index (χ3v) is 11.6. The van der Waals surface area contributed by atoms with E-state index < -0.39 is 0 Å². The van der Waals surface area contributed by atoms with Crippen molar-refractivity contribution in [1.82, 2.24) is 14.6 Å². The van der Waals surface area contributed by atoms with Crippen LogP contribution in [0.15, 0.2) is 237 Å². The van der Waals surface area contributed by atoms with Crippen molar-refractivity contribution in [3.05, 3.63) is 237 Å². The lowest BCUT2D eigenvalue weighted by Crippen LogP contribution is -1.96. The summed E-state index contributed by atoms with van der Waals surface area (Å²) in [5.74, 6) is 0. The molecule has 61 heavy (non-hydrogen) atoms. The Balaban J connectivity index is 1.11. The lowest BCUT2D eigenvalue weighted by Gasteiger charge is -2.14. The Morgan fingerprint density at radius 3 is 1.21 bits per heavy atom. The van der Waals surface area contributed by atoms with Crippen LogP contribution < -0.4 is 0 Å². The molecule has 0 amide bonds. The first kappa shape index (κ1) is 36.0. The Kier molecular flexibility index (Phi) is 9.18. The van der Waals surface area contributed by atoms with Crippen LogP contribution in [0, 0.1) is 0 Å². The summed E-state index contributed by atoms with van der Waals surface area (Å²) in [5.41, 5.74) is 18.5. The van der Waals surface area contributed by atoms with E-state index in [2.05, 4.69) is 241 Å². The molecule has 0 radical (unpaired) electrons. The van der Waals surface area contributed by atoms with E-state index in [0.717, 1.165) is 83.6 Å². The van der Waals surface area contributed by atoms with Gasteiger partial charge in [-0.1, -0.05) is 212 Å². The summed E-state index contributed by atoms with van der Waals surface area (Å²) in [5, 5.41) is 7.69. The summed E-state index contributed by atoms with van der Waals surface area (Å²) in [6.45, 7) is 0. The fourth-order valence-electron chi connectivity index (χ4n) is 8.54. The van der Waals surface area contributed by atoms with E-state index in [1.807, 2.05) is 0 Å². The van der Waals surface area contributed by atoms with Crippen molar-refractivity contribution in [3.63, 3.8) is 0 Å². The topological polar surface area (TPSA) is 30.2 Å². The summed E-state index contributed by atoms with van der Waals surface area (Å²) < 4.78 is 2.16. The summed E-state index contributed by atoms with van der Waals surface area (Å²) in [6, 6.07) is 84.0. The van der Waals surface area contributed by atoms with Gasteiger partial charge in [-0.15, -0.1) is 0 Å². The molecule has 3 aromatic heterocycles. The van der Waals surface area contributed by atoms with Crippen LogP contribution in [0.1, 0.15) is 0 Å². The molecule has 3 nitrogen and oxygen atoms in total. The Morgan fingerprint density at radius 1 is 0.295 bits per heavy atom. The number of hydrogen-bond donors (Lipinski definition) is 0. The van der Waals surface area contributed by atoms with E-state index in [0.29, 0.717) is 0 Å². The van der Waals surface area contributed by atoms with Crippen molar-refractivity contribution in [2.75, 3.05) is 0 Å². The second-order valence-corrected chi connectivity index (χ2v) is 15.4. The molecule has 0 atom stereocenters. The van der Waals surface area contributed by atoms with E-state index in [4.69, 9.17) is 10.1 Å². The Labute approximate surface area is 355 Å². The molecular weight excluding hydrogens is 739 g/mol. The lowest BCUT2D eigenvalue weighted by atomic mass is 9.94. The highest BCUT2D eigenvalue weighted by molar-refractivity contribution is 6.09. The molecule has 0 N–H and O–H groups in total. The predicted octanol–water partition coefficient (Wildman–Crippen LogP) is 15.2. The van der Waals surface area contributed by atoms with Gasteiger partial charge in [0.1, 0.15) is 5.69 Å². The first-order valence-electron chi connectivity index (χ1n) is 20.7. The summed E-state index contributed by atoms with van der Waals surface area (Å²) >= 11 is 0. The largest absolute Gasteiger partial charge is 0.248 e. The fraction of sp³-hybridized carbons (Fsp3) is 0. The molecule has 3 heterocycles. The van der Waals surface area contributed by atoms with Crippen LogP contribution in [0.3, 0.4) is 0 Å². The van der Waals surface area contributed by atoms with E-state index in [1.165, 1.54) is 22.3 Å². The second kappa shape index (κ2) is 15.6. The van der Waals surface area contributed by atoms with Crippen LogP contribution >= 0.6 is 0 Å². The van der Waals surface area contributed by atoms with Gasteiger partial charge in [-0.2, -0.15) is 5.10 Å². The normalized spacial score (nSPS) is 11.3. The van der Waals surface area contributed by atoms with Crippen LogP contribution in [0.2, 0.25) is 0 Å². The van der Waals surface area contributed by atoms with Gasteiger partial charge < -0.3 is 0 Å². The van der Waals surface area contributed by atoms with Crippen molar-refractivity contribution < 1.29 is 0 Å². The van der Waals surface area contributed by atoms with Crippen molar-refractivity contribution in [2.24, 2.45) is 0 Å². The minimum Gasteiger partial charge on any atom is -0.248 e. The van der Waals surface area contributed by atoms with Gasteiger partial charge in [-0.05, 0) is 68.6 Å². The van der Waals surface area contributed by atoms with Crippen molar-refractivity contribution >= 4 is 16.3 Å². The molecule has 11 aromatic rings. The molecule has 0 saturated carbocycles. The maximum absolute atomic E-state index is 5.42. The van der Waals surface area contributed by atoms with Gasteiger partial charge in [0, 0.05) is 33.2 Å². The van der Waals surface area contributed by atoms with Crippen LogP contribution in [0.25, 0.3) is 106 Å². The monoisotopic (exact) mass is 777 g/mol. The van der Waals surface area contributed by atoms with Crippen LogP contribution in [-0.4, -0.2) is 14.6 Å². The molecule has 11 rings (SSSR count). The second-order valence-electron chi connectivity index (χ2n) is 15.4. The minimum absolute atomic E-state index is 0.925. The van der Waals surface area contributed by atoms with Crippen LogP contribution in [0.5, 0.6) is 0 Å². The standard InChI is InChI=1S/C58H39N3/c1-6-16-40(17-7-1)42-26-30-44(31-27-42)53-37-50(38-54(59-53)45-32-28-43(29-33-45)41-18-8-2-9-19-41)49-34-35-52-51(36-49)39-55(46-20-10-3-11-21-46)61-58(52)56(47-22-12-4-13-23-47)57(60-61)48-24-14-5-15-25-48/h1-39H. The highest BCUT2D eigenvalue weighted by Crippen LogP contribution is 2.42. The van der Waals surface area contributed by atoms with Gasteiger partial charge in [-0.3, -0.25) is 0 Å². The van der Waals surface area contributed by atoms with Crippen molar-refractivity contribution in [2.45, 2.75) is 0 Å². The zero-order valence-corrected chi connectivity index (χ0v) is 33.4.